The second-order valence-corrected chi connectivity index (χ2v) is 7.80. The third-order valence-corrected chi connectivity index (χ3v) is 4.11. The molecule has 1 aromatic rings. The van der Waals surface area contributed by atoms with Gasteiger partial charge in [0.2, 0.25) is 5.91 Å². The van der Waals surface area contributed by atoms with Crippen molar-refractivity contribution in [1.82, 2.24) is 30.3 Å². The van der Waals surface area contributed by atoms with Gasteiger partial charge < -0.3 is 16.0 Å². The molecule has 1 aliphatic rings. The van der Waals surface area contributed by atoms with E-state index in [4.69, 9.17) is 0 Å². The molecule has 0 saturated carbocycles. The fourth-order valence-corrected chi connectivity index (χ4v) is 2.98. The lowest BCUT2D eigenvalue weighted by Crippen LogP contribution is -2.43. The van der Waals surface area contributed by atoms with Crippen molar-refractivity contribution in [2.45, 2.75) is 72.0 Å². The van der Waals surface area contributed by atoms with E-state index in [0.29, 0.717) is 25.6 Å². The molecule has 9 nitrogen and oxygen atoms in total. The second-order valence-electron chi connectivity index (χ2n) is 7.80. The fraction of sp³-hybridized carbons (Fsp3) is 0.778. The van der Waals surface area contributed by atoms with Crippen molar-refractivity contribution in [3.05, 3.63) is 16.3 Å². The summed E-state index contributed by atoms with van der Waals surface area (Å²) in [7, 11) is 0. The highest BCUT2D eigenvalue weighted by molar-refractivity contribution is 5.85. The number of hydrogen-bond donors (Lipinski definition) is 3. The van der Waals surface area contributed by atoms with Gasteiger partial charge in [0.05, 0.1) is 0 Å². The minimum absolute atomic E-state index is 0.0101. The maximum Gasteiger partial charge on any atom is 0.345 e. The molecule has 0 aromatic carbocycles. The van der Waals surface area contributed by atoms with Gasteiger partial charge in [-0.05, 0) is 47.0 Å². The molecule has 0 radical (unpaired) electrons. The Labute approximate surface area is 160 Å². The molecule has 2 rings (SSSR count). The lowest BCUT2D eigenvalue weighted by atomic mass is 10.1. The van der Waals surface area contributed by atoms with E-state index < -0.39 is 0 Å². The van der Waals surface area contributed by atoms with Gasteiger partial charge in [0.15, 0.2) is 5.96 Å². The van der Waals surface area contributed by atoms with Crippen LogP contribution in [0.25, 0.3) is 0 Å². The Balaban J connectivity index is 1.80. The van der Waals surface area contributed by atoms with E-state index in [1.54, 1.807) is 9.25 Å². The summed E-state index contributed by atoms with van der Waals surface area (Å²) < 4.78 is 3.35. The van der Waals surface area contributed by atoms with Crippen LogP contribution in [0.15, 0.2) is 9.79 Å². The molecule has 2 heterocycles. The van der Waals surface area contributed by atoms with Gasteiger partial charge in [-0.2, -0.15) is 5.10 Å². The minimum Gasteiger partial charge on any atom is -0.357 e. The lowest BCUT2D eigenvalue weighted by molar-refractivity contribution is -0.121. The standard InChI is InChI=1S/C18H33N7O2/c1-5-19-16(21-13-15(26)22-18(2,3)4)20-10-8-12-25-17(27)24-11-7-6-9-14(24)23-25/h5-13H2,1-4H3,(H,22,26)(H2,19,20,21). The van der Waals surface area contributed by atoms with Gasteiger partial charge in [0.1, 0.15) is 12.4 Å². The van der Waals surface area contributed by atoms with E-state index >= 15 is 0 Å². The summed E-state index contributed by atoms with van der Waals surface area (Å²) in [5, 5.41) is 13.6. The van der Waals surface area contributed by atoms with Gasteiger partial charge in [-0.15, -0.1) is 0 Å². The molecule has 0 saturated heterocycles. The predicted octanol–water partition coefficient (Wildman–Crippen LogP) is 0.241. The SMILES string of the molecule is CCNC(=NCC(=O)NC(C)(C)C)NCCCn1nc2n(c1=O)CCCC2. The van der Waals surface area contributed by atoms with E-state index in [1.807, 2.05) is 27.7 Å². The molecule has 0 unspecified atom stereocenters. The number of aryl methyl sites for hydroxylation is 2. The summed E-state index contributed by atoms with van der Waals surface area (Å²) >= 11 is 0. The number of nitrogens with zero attached hydrogens (tertiary/aromatic N) is 4. The third-order valence-electron chi connectivity index (χ3n) is 4.11. The average Bonchev–Trinajstić information content (AvgIpc) is 2.91. The largest absolute Gasteiger partial charge is 0.357 e. The highest BCUT2D eigenvalue weighted by atomic mass is 16.2. The summed E-state index contributed by atoms with van der Waals surface area (Å²) in [6.07, 6.45) is 3.78. The van der Waals surface area contributed by atoms with Crippen LogP contribution in [0.5, 0.6) is 0 Å². The predicted molar refractivity (Wildman–Crippen MR) is 106 cm³/mol. The Bertz CT molecular complexity index is 712. The van der Waals surface area contributed by atoms with Crippen LogP contribution in [0.4, 0.5) is 0 Å². The molecule has 1 amide bonds. The zero-order valence-corrected chi connectivity index (χ0v) is 17.0. The molecular formula is C18H33N7O2. The average molecular weight is 380 g/mol. The van der Waals surface area contributed by atoms with Crippen molar-refractivity contribution >= 4 is 11.9 Å². The molecule has 0 aliphatic carbocycles. The van der Waals surface area contributed by atoms with Gasteiger partial charge in [-0.25, -0.2) is 14.5 Å². The van der Waals surface area contributed by atoms with Gasteiger partial charge >= 0.3 is 5.69 Å². The topological polar surface area (TPSA) is 105 Å². The normalized spacial score (nSPS) is 14.6. The highest BCUT2D eigenvalue weighted by Crippen LogP contribution is 2.09. The minimum atomic E-state index is -0.268. The first-order valence-electron chi connectivity index (χ1n) is 9.80. The first-order valence-corrected chi connectivity index (χ1v) is 9.80. The van der Waals surface area contributed by atoms with Crippen LogP contribution in [0.3, 0.4) is 0 Å². The summed E-state index contributed by atoms with van der Waals surface area (Å²) in [6, 6.07) is 0. The second kappa shape index (κ2) is 9.57. The molecule has 3 N–H and O–H groups in total. The molecule has 27 heavy (non-hydrogen) atoms. The monoisotopic (exact) mass is 379 g/mol. The molecule has 0 spiro atoms. The van der Waals surface area contributed by atoms with Crippen molar-refractivity contribution in [3.63, 3.8) is 0 Å². The summed E-state index contributed by atoms with van der Waals surface area (Å²) in [5.74, 6) is 1.38. The number of carbonyl (C=O) groups is 1. The Kier molecular flexibility index (Phi) is 7.44. The Morgan fingerprint density at radius 1 is 1.26 bits per heavy atom. The zero-order chi connectivity index (χ0) is 19.9. The van der Waals surface area contributed by atoms with Crippen LogP contribution >= 0.6 is 0 Å². The number of amides is 1. The van der Waals surface area contributed by atoms with Crippen LogP contribution in [0.1, 0.15) is 52.8 Å². The number of rotatable bonds is 7. The van der Waals surface area contributed by atoms with E-state index in [2.05, 4.69) is 26.0 Å². The highest BCUT2D eigenvalue weighted by Gasteiger charge is 2.16. The maximum atomic E-state index is 12.3. The molecule has 0 atom stereocenters. The lowest BCUT2D eigenvalue weighted by Gasteiger charge is -2.20. The van der Waals surface area contributed by atoms with Gasteiger partial charge in [-0.1, -0.05) is 0 Å². The van der Waals surface area contributed by atoms with Gasteiger partial charge in [-0.3, -0.25) is 9.36 Å². The smallest absolute Gasteiger partial charge is 0.345 e. The molecule has 1 aliphatic heterocycles. The summed E-state index contributed by atoms with van der Waals surface area (Å²) in [6.45, 7) is 10.5. The Morgan fingerprint density at radius 3 is 2.70 bits per heavy atom. The van der Waals surface area contributed by atoms with Crippen molar-refractivity contribution in [1.29, 1.82) is 0 Å². The molecule has 152 valence electrons. The number of aromatic nitrogens is 3. The Hall–Kier alpha value is -2.32. The van der Waals surface area contributed by atoms with Crippen LogP contribution in [0, 0.1) is 0 Å². The van der Waals surface area contributed by atoms with Gasteiger partial charge in [0, 0.05) is 38.1 Å². The summed E-state index contributed by atoms with van der Waals surface area (Å²) in [4.78, 5) is 28.5. The quantitative estimate of drug-likeness (QED) is 0.358. The van der Waals surface area contributed by atoms with Crippen LogP contribution < -0.4 is 21.6 Å². The third kappa shape index (κ3) is 6.73. The van der Waals surface area contributed by atoms with Crippen molar-refractivity contribution in [2.24, 2.45) is 4.99 Å². The Morgan fingerprint density at radius 2 is 2.04 bits per heavy atom. The van der Waals surface area contributed by atoms with Crippen molar-refractivity contribution in [2.75, 3.05) is 19.6 Å². The zero-order valence-electron chi connectivity index (χ0n) is 17.0. The number of fused-ring (bicyclic) bond motifs is 1. The maximum absolute atomic E-state index is 12.3. The number of nitrogens with one attached hydrogen (secondary N) is 3. The molecule has 0 bridgehead atoms. The number of carbonyl (C=O) groups excluding carboxylic acids is 1. The van der Waals surface area contributed by atoms with Crippen LogP contribution in [-0.2, 0) is 24.3 Å². The van der Waals surface area contributed by atoms with E-state index in [0.717, 1.165) is 38.1 Å². The van der Waals surface area contributed by atoms with Gasteiger partial charge in [0.25, 0.3) is 0 Å². The van der Waals surface area contributed by atoms with E-state index in [9.17, 15) is 9.59 Å². The number of aliphatic imine (C=N–C) groups is 1. The van der Waals surface area contributed by atoms with E-state index in [1.165, 1.54) is 0 Å². The summed E-state index contributed by atoms with van der Waals surface area (Å²) in [5.41, 5.74) is -0.279. The van der Waals surface area contributed by atoms with Crippen molar-refractivity contribution in [3.8, 4) is 0 Å². The molecule has 1 aromatic heterocycles. The van der Waals surface area contributed by atoms with Crippen molar-refractivity contribution < 1.29 is 4.79 Å². The first kappa shape index (κ1) is 21.0. The van der Waals surface area contributed by atoms with Crippen LogP contribution in [0.2, 0.25) is 0 Å². The fourth-order valence-electron chi connectivity index (χ4n) is 2.98. The number of guanidine groups is 1. The number of hydrogen-bond acceptors (Lipinski definition) is 4. The first-order chi connectivity index (χ1) is 12.8. The van der Waals surface area contributed by atoms with E-state index in [-0.39, 0.29) is 23.7 Å². The molecular weight excluding hydrogens is 346 g/mol. The molecule has 0 fully saturated rings. The van der Waals surface area contributed by atoms with Crippen LogP contribution in [-0.4, -0.2) is 51.4 Å². The molecule has 9 heteroatoms.